The molecule has 0 spiro atoms. The van der Waals surface area contributed by atoms with Crippen LogP contribution in [0.2, 0.25) is 0 Å². The van der Waals surface area contributed by atoms with Crippen LogP contribution in [0.5, 0.6) is 0 Å². The van der Waals surface area contributed by atoms with Gasteiger partial charge in [-0.25, -0.2) is 4.98 Å². The van der Waals surface area contributed by atoms with Crippen molar-refractivity contribution >= 4 is 17.5 Å². The fraction of sp³-hybridized carbons (Fsp3) is 0.182. The van der Waals surface area contributed by atoms with Crippen molar-refractivity contribution in [3.8, 4) is 0 Å². The Balaban J connectivity index is 2.23. The number of anilines is 2. The highest BCUT2D eigenvalue weighted by Gasteiger charge is 2.13. The summed E-state index contributed by atoms with van der Waals surface area (Å²) in [5, 5.41) is 10.2. The van der Waals surface area contributed by atoms with Crippen LogP contribution >= 0.6 is 0 Å². The van der Waals surface area contributed by atoms with Crippen LogP contribution in [0.4, 0.5) is 11.6 Å². The standard InChI is InChI=1S/C11H13N7O/c1-6-7(2)17-18-11(14-6)15-10(19)8-5-13-4-3-9(8)16-12/h3-5H,12H2,1-2H3,(H,13,16)(H,14,15,18,19). The molecule has 2 aromatic rings. The van der Waals surface area contributed by atoms with Crippen LogP contribution in [0, 0.1) is 13.8 Å². The highest BCUT2D eigenvalue weighted by Crippen LogP contribution is 2.13. The Morgan fingerprint density at radius 3 is 2.74 bits per heavy atom. The third kappa shape index (κ3) is 2.80. The van der Waals surface area contributed by atoms with Crippen LogP contribution < -0.4 is 16.6 Å². The Morgan fingerprint density at radius 2 is 2.05 bits per heavy atom. The SMILES string of the molecule is Cc1nnc(NC(=O)c2cnccc2NN)nc1C. The molecule has 2 heterocycles. The fourth-order valence-electron chi connectivity index (χ4n) is 1.38. The molecule has 0 aliphatic carbocycles. The third-order valence-corrected chi connectivity index (χ3v) is 2.54. The van der Waals surface area contributed by atoms with E-state index in [2.05, 4.69) is 30.9 Å². The molecule has 1 amide bonds. The van der Waals surface area contributed by atoms with Gasteiger partial charge in [0.15, 0.2) is 0 Å². The van der Waals surface area contributed by atoms with E-state index in [1.165, 1.54) is 12.4 Å². The highest BCUT2D eigenvalue weighted by molar-refractivity contribution is 6.06. The van der Waals surface area contributed by atoms with Crippen molar-refractivity contribution in [3.63, 3.8) is 0 Å². The van der Waals surface area contributed by atoms with Gasteiger partial charge >= 0.3 is 0 Å². The second-order valence-electron chi connectivity index (χ2n) is 3.83. The number of carbonyl (C=O) groups is 1. The van der Waals surface area contributed by atoms with Gasteiger partial charge in [0.25, 0.3) is 5.91 Å². The molecule has 0 unspecified atom stereocenters. The van der Waals surface area contributed by atoms with Crippen molar-refractivity contribution in [1.29, 1.82) is 0 Å². The summed E-state index contributed by atoms with van der Waals surface area (Å²) < 4.78 is 0. The molecular weight excluding hydrogens is 246 g/mol. The number of nitrogen functional groups attached to an aromatic ring is 1. The number of nitrogens with two attached hydrogens (primary N) is 1. The number of aryl methyl sites for hydroxylation is 2. The number of hydrogen-bond acceptors (Lipinski definition) is 7. The van der Waals surface area contributed by atoms with E-state index in [0.717, 1.165) is 0 Å². The zero-order valence-electron chi connectivity index (χ0n) is 10.5. The van der Waals surface area contributed by atoms with Gasteiger partial charge in [-0.1, -0.05) is 0 Å². The van der Waals surface area contributed by atoms with E-state index in [4.69, 9.17) is 5.84 Å². The summed E-state index contributed by atoms with van der Waals surface area (Å²) in [7, 11) is 0. The van der Waals surface area contributed by atoms with E-state index in [0.29, 0.717) is 22.6 Å². The maximum absolute atomic E-state index is 12.0. The molecule has 19 heavy (non-hydrogen) atoms. The van der Waals surface area contributed by atoms with Crippen molar-refractivity contribution < 1.29 is 4.79 Å². The lowest BCUT2D eigenvalue weighted by Gasteiger charge is -2.08. The monoisotopic (exact) mass is 259 g/mol. The fourth-order valence-corrected chi connectivity index (χ4v) is 1.38. The number of carbonyl (C=O) groups excluding carboxylic acids is 1. The Kier molecular flexibility index (Phi) is 3.62. The molecule has 8 nitrogen and oxygen atoms in total. The number of rotatable bonds is 3. The van der Waals surface area contributed by atoms with Crippen LogP contribution in [-0.4, -0.2) is 26.1 Å². The normalized spacial score (nSPS) is 10.1. The van der Waals surface area contributed by atoms with Crippen LogP contribution in [0.25, 0.3) is 0 Å². The van der Waals surface area contributed by atoms with E-state index in [9.17, 15) is 4.79 Å². The first-order valence-corrected chi connectivity index (χ1v) is 5.51. The van der Waals surface area contributed by atoms with E-state index < -0.39 is 5.91 Å². The van der Waals surface area contributed by atoms with Gasteiger partial charge in [-0.3, -0.25) is 20.9 Å². The lowest BCUT2D eigenvalue weighted by atomic mass is 10.2. The molecule has 4 N–H and O–H groups in total. The van der Waals surface area contributed by atoms with E-state index in [-0.39, 0.29) is 5.95 Å². The first-order chi connectivity index (χ1) is 9.11. The summed E-state index contributed by atoms with van der Waals surface area (Å²) in [6, 6.07) is 1.59. The molecular formula is C11H13N7O. The molecule has 98 valence electrons. The number of hydrogen-bond donors (Lipinski definition) is 3. The quantitative estimate of drug-likeness (QED) is 0.540. The molecule has 0 saturated heterocycles. The van der Waals surface area contributed by atoms with Crippen LogP contribution in [0.1, 0.15) is 21.7 Å². The summed E-state index contributed by atoms with van der Waals surface area (Å²) in [6.45, 7) is 3.58. The number of amides is 1. The molecule has 0 aromatic carbocycles. The predicted octanol–water partition coefficient (Wildman–Crippen LogP) is 0.421. The number of pyridine rings is 1. The summed E-state index contributed by atoms with van der Waals surface area (Å²) in [5.41, 5.74) is 4.60. The Hall–Kier alpha value is -2.61. The van der Waals surface area contributed by atoms with Crippen molar-refractivity contribution in [2.24, 2.45) is 5.84 Å². The maximum Gasteiger partial charge on any atom is 0.261 e. The molecule has 2 aromatic heterocycles. The van der Waals surface area contributed by atoms with Gasteiger partial charge in [-0.15, -0.1) is 5.10 Å². The third-order valence-electron chi connectivity index (χ3n) is 2.54. The molecule has 8 heteroatoms. The van der Waals surface area contributed by atoms with E-state index >= 15 is 0 Å². The van der Waals surface area contributed by atoms with Crippen LogP contribution in [0.15, 0.2) is 18.5 Å². The zero-order chi connectivity index (χ0) is 13.8. The minimum atomic E-state index is -0.411. The maximum atomic E-state index is 12.0. The van der Waals surface area contributed by atoms with Gasteiger partial charge in [-0.05, 0) is 19.9 Å². The molecule has 0 radical (unpaired) electrons. The Bertz CT molecular complexity index is 614. The van der Waals surface area contributed by atoms with Gasteiger partial charge in [0, 0.05) is 12.4 Å². The summed E-state index contributed by atoms with van der Waals surface area (Å²) in [4.78, 5) is 20.0. The minimum absolute atomic E-state index is 0.139. The first-order valence-electron chi connectivity index (χ1n) is 5.51. The largest absolute Gasteiger partial charge is 0.323 e. The number of aromatic nitrogens is 4. The molecule has 0 saturated carbocycles. The summed E-state index contributed by atoms with van der Waals surface area (Å²) in [5.74, 6) is 5.05. The molecule has 0 atom stereocenters. The number of hydrazine groups is 1. The average molecular weight is 259 g/mol. The second-order valence-corrected chi connectivity index (χ2v) is 3.83. The van der Waals surface area contributed by atoms with E-state index in [1.807, 2.05) is 0 Å². The second kappa shape index (κ2) is 5.36. The molecule has 0 aliphatic heterocycles. The van der Waals surface area contributed by atoms with E-state index in [1.54, 1.807) is 19.9 Å². The van der Waals surface area contributed by atoms with Crippen molar-refractivity contribution in [2.75, 3.05) is 10.7 Å². The predicted molar refractivity (Wildman–Crippen MR) is 69.3 cm³/mol. The molecule has 0 fully saturated rings. The lowest BCUT2D eigenvalue weighted by molar-refractivity contribution is 0.102. The summed E-state index contributed by atoms with van der Waals surface area (Å²) in [6.07, 6.45) is 2.93. The van der Waals surface area contributed by atoms with Gasteiger partial charge < -0.3 is 5.43 Å². The number of nitrogens with one attached hydrogen (secondary N) is 2. The van der Waals surface area contributed by atoms with Crippen LogP contribution in [-0.2, 0) is 0 Å². The lowest BCUT2D eigenvalue weighted by Crippen LogP contribution is -2.19. The minimum Gasteiger partial charge on any atom is -0.323 e. The van der Waals surface area contributed by atoms with Gasteiger partial charge in [-0.2, -0.15) is 5.10 Å². The topological polar surface area (TPSA) is 119 Å². The number of nitrogens with zero attached hydrogens (tertiary/aromatic N) is 4. The zero-order valence-corrected chi connectivity index (χ0v) is 10.5. The highest BCUT2D eigenvalue weighted by atomic mass is 16.1. The van der Waals surface area contributed by atoms with Gasteiger partial charge in [0.1, 0.15) is 0 Å². The van der Waals surface area contributed by atoms with Crippen molar-refractivity contribution in [3.05, 3.63) is 35.4 Å². The van der Waals surface area contributed by atoms with Gasteiger partial charge in [0.05, 0.1) is 22.6 Å². The average Bonchev–Trinajstić information content (AvgIpc) is 2.43. The Morgan fingerprint density at radius 1 is 1.26 bits per heavy atom. The van der Waals surface area contributed by atoms with Crippen LogP contribution in [0.3, 0.4) is 0 Å². The molecule has 0 bridgehead atoms. The summed E-state index contributed by atoms with van der Waals surface area (Å²) >= 11 is 0. The van der Waals surface area contributed by atoms with Crippen molar-refractivity contribution in [2.45, 2.75) is 13.8 Å². The smallest absolute Gasteiger partial charge is 0.261 e. The van der Waals surface area contributed by atoms with Crippen molar-refractivity contribution in [1.82, 2.24) is 20.2 Å². The van der Waals surface area contributed by atoms with Gasteiger partial charge in [0.2, 0.25) is 5.95 Å². The molecule has 0 aliphatic rings. The molecule has 2 rings (SSSR count). The Labute approximate surface area is 109 Å². The first kappa shape index (κ1) is 12.8.